The number of hydrogen-bond acceptors (Lipinski definition) is 4. The highest BCUT2D eigenvalue weighted by atomic mass is 79.9. The smallest absolute Gasteiger partial charge is 0.378 e. The first-order chi connectivity index (χ1) is 13.7. The van der Waals surface area contributed by atoms with E-state index < -0.39 is 23.0 Å². The minimum absolute atomic E-state index is 0.0922. The fraction of sp³-hybridized carbons (Fsp3) is 0.579. The second-order valence-electron chi connectivity index (χ2n) is 7.66. The number of rotatable bonds is 2. The lowest BCUT2D eigenvalue weighted by molar-refractivity contribution is -0.138. The van der Waals surface area contributed by atoms with Crippen molar-refractivity contribution in [1.82, 2.24) is 14.5 Å². The maximum Gasteiger partial charge on any atom is 0.417 e. The van der Waals surface area contributed by atoms with Crippen LogP contribution in [-0.4, -0.2) is 46.3 Å². The first kappa shape index (κ1) is 20.4. The van der Waals surface area contributed by atoms with Crippen LogP contribution in [0.3, 0.4) is 0 Å². The van der Waals surface area contributed by atoms with E-state index in [-0.39, 0.29) is 16.0 Å². The predicted octanol–water partition coefficient (Wildman–Crippen LogP) is 3.82. The van der Waals surface area contributed by atoms with Gasteiger partial charge in [-0.3, -0.25) is 9.47 Å². The SMILES string of the molecule is N#CC1(N2CCC(n3c(=O)[nH]c4cc(C(F)(F)F)c(Br)cc43)CC2)CCCOC1. The monoisotopic (exact) mass is 472 g/mol. The average molecular weight is 473 g/mol. The molecule has 0 aliphatic carbocycles. The molecule has 0 amide bonds. The molecule has 0 bridgehead atoms. The van der Waals surface area contributed by atoms with Crippen molar-refractivity contribution >= 4 is 27.0 Å². The zero-order chi connectivity index (χ0) is 20.8. The number of ether oxygens (including phenoxy) is 1. The van der Waals surface area contributed by atoms with Gasteiger partial charge in [-0.25, -0.2) is 4.79 Å². The zero-order valence-corrected chi connectivity index (χ0v) is 17.1. The van der Waals surface area contributed by atoms with Crippen LogP contribution in [0.1, 0.15) is 37.3 Å². The van der Waals surface area contributed by atoms with Gasteiger partial charge in [0, 0.05) is 30.2 Å². The number of aromatic amines is 1. The van der Waals surface area contributed by atoms with E-state index in [1.165, 1.54) is 6.07 Å². The maximum absolute atomic E-state index is 13.2. The van der Waals surface area contributed by atoms with Crippen LogP contribution >= 0.6 is 15.9 Å². The molecule has 10 heteroatoms. The number of nitriles is 1. The molecule has 0 radical (unpaired) electrons. The standard InChI is InChI=1S/C19H20BrF3N4O2/c20-14-9-16-15(8-13(14)19(21,22)23)25-17(28)27(16)12-2-5-26(6-3-12)18(10-24)4-1-7-29-11-18/h8-9,12H,1-7,11H2,(H,25,28). The van der Waals surface area contributed by atoms with Crippen LogP contribution in [-0.2, 0) is 10.9 Å². The number of nitrogens with zero attached hydrogens (tertiary/aromatic N) is 3. The van der Waals surface area contributed by atoms with Gasteiger partial charge in [-0.1, -0.05) is 15.9 Å². The second-order valence-corrected chi connectivity index (χ2v) is 8.52. The van der Waals surface area contributed by atoms with Gasteiger partial charge in [0.15, 0.2) is 0 Å². The Kier molecular flexibility index (Phi) is 5.25. The molecule has 1 N–H and O–H groups in total. The predicted molar refractivity (Wildman–Crippen MR) is 104 cm³/mol. The van der Waals surface area contributed by atoms with Crippen LogP contribution < -0.4 is 5.69 Å². The third-order valence-corrected chi connectivity index (χ3v) is 6.63. The van der Waals surface area contributed by atoms with Crippen LogP contribution in [0.25, 0.3) is 11.0 Å². The third kappa shape index (κ3) is 3.60. The second kappa shape index (κ2) is 7.45. The van der Waals surface area contributed by atoms with Crippen LogP contribution in [0.2, 0.25) is 0 Å². The highest BCUT2D eigenvalue weighted by Crippen LogP contribution is 2.38. The summed E-state index contributed by atoms with van der Waals surface area (Å²) in [7, 11) is 0. The molecule has 29 heavy (non-hydrogen) atoms. The van der Waals surface area contributed by atoms with Crippen LogP contribution in [0.15, 0.2) is 21.4 Å². The Morgan fingerprint density at radius 1 is 1.31 bits per heavy atom. The number of likely N-dealkylation sites (tertiary alicyclic amines) is 1. The van der Waals surface area contributed by atoms with Gasteiger partial charge in [-0.15, -0.1) is 0 Å². The van der Waals surface area contributed by atoms with Gasteiger partial charge in [0.05, 0.1) is 29.3 Å². The van der Waals surface area contributed by atoms with E-state index in [4.69, 9.17) is 4.74 Å². The van der Waals surface area contributed by atoms with Crippen LogP contribution in [0.4, 0.5) is 13.2 Å². The van der Waals surface area contributed by atoms with Gasteiger partial charge in [-0.05, 0) is 37.8 Å². The number of nitrogens with one attached hydrogen (secondary N) is 1. The van der Waals surface area contributed by atoms with Crippen molar-refractivity contribution in [1.29, 1.82) is 5.26 Å². The molecule has 2 aromatic rings. The molecule has 1 aromatic heterocycles. The highest BCUT2D eigenvalue weighted by Gasteiger charge is 2.41. The quantitative estimate of drug-likeness (QED) is 0.720. The lowest BCUT2D eigenvalue weighted by atomic mass is 9.89. The van der Waals surface area contributed by atoms with E-state index >= 15 is 0 Å². The minimum atomic E-state index is -4.51. The first-order valence-corrected chi connectivity index (χ1v) is 10.3. The Morgan fingerprint density at radius 2 is 2.03 bits per heavy atom. The molecule has 1 atom stereocenters. The van der Waals surface area contributed by atoms with E-state index in [0.29, 0.717) is 44.7 Å². The van der Waals surface area contributed by atoms with Crippen LogP contribution in [0.5, 0.6) is 0 Å². The number of imidazole rings is 1. The summed E-state index contributed by atoms with van der Waals surface area (Å²) < 4.78 is 46.5. The van der Waals surface area contributed by atoms with Crippen LogP contribution in [0, 0.1) is 11.3 Å². The lowest BCUT2D eigenvalue weighted by Crippen LogP contribution is -2.56. The fourth-order valence-electron chi connectivity index (χ4n) is 4.47. The van der Waals surface area contributed by atoms with Crippen molar-refractivity contribution < 1.29 is 17.9 Å². The Hall–Kier alpha value is -1.83. The summed E-state index contributed by atoms with van der Waals surface area (Å²) in [5.41, 5.74) is -1.24. The molecule has 6 nitrogen and oxygen atoms in total. The van der Waals surface area contributed by atoms with Gasteiger partial charge in [0.1, 0.15) is 5.54 Å². The molecule has 3 heterocycles. The van der Waals surface area contributed by atoms with Crippen molar-refractivity contribution in [3.63, 3.8) is 0 Å². The van der Waals surface area contributed by atoms with Gasteiger partial charge in [0.2, 0.25) is 0 Å². The van der Waals surface area contributed by atoms with E-state index in [0.717, 1.165) is 18.9 Å². The van der Waals surface area contributed by atoms with Gasteiger partial charge >= 0.3 is 11.9 Å². The number of H-pyrrole nitrogens is 1. The molecule has 2 aliphatic rings. The normalized spacial score (nSPS) is 24.7. The molecule has 156 valence electrons. The Bertz CT molecular complexity index is 1010. The number of halogens is 4. The number of hydrogen-bond donors (Lipinski definition) is 1. The van der Waals surface area contributed by atoms with Crippen molar-refractivity contribution in [3.05, 3.63) is 32.7 Å². The summed E-state index contributed by atoms with van der Waals surface area (Å²) in [5, 5.41) is 9.72. The van der Waals surface area contributed by atoms with E-state index in [1.807, 2.05) is 0 Å². The zero-order valence-electron chi connectivity index (χ0n) is 15.6. The van der Waals surface area contributed by atoms with Gasteiger partial charge in [0.25, 0.3) is 0 Å². The number of alkyl halides is 3. The van der Waals surface area contributed by atoms with E-state index in [9.17, 15) is 23.2 Å². The summed E-state index contributed by atoms with van der Waals surface area (Å²) in [6.45, 7) is 2.30. The summed E-state index contributed by atoms with van der Waals surface area (Å²) in [6, 6.07) is 4.60. The Balaban J connectivity index is 1.60. The molecule has 2 aliphatic heterocycles. The summed E-state index contributed by atoms with van der Waals surface area (Å²) in [4.78, 5) is 17.2. The molecule has 0 saturated carbocycles. The molecular weight excluding hydrogens is 453 g/mol. The molecule has 4 rings (SSSR count). The Labute approximate surface area is 173 Å². The van der Waals surface area contributed by atoms with Crippen molar-refractivity contribution in [2.45, 2.75) is 43.4 Å². The van der Waals surface area contributed by atoms with E-state index in [2.05, 4.69) is 31.9 Å². The van der Waals surface area contributed by atoms with Gasteiger partial charge < -0.3 is 9.72 Å². The third-order valence-electron chi connectivity index (χ3n) is 5.97. The molecule has 1 unspecified atom stereocenters. The van der Waals surface area contributed by atoms with Gasteiger partial charge in [-0.2, -0.15) is 18.4 Å². The summed E-state index contributed by atoms with van der Waals surface area (Å²) in [6.07, 6.45) is -1.64. The average Bonchev–Trinajstić information content (AvgIpc) is 3.02. The fourth-order valence-corrected chi connectivity index (χ4v) is 5.02. The molecular formula is C19H20BrF3N4O2. The van der Waals surface area contributed by atoms with Crippen molar-refractivity contribution in [2.24, 2.45) is 0 Å². The first-order valence-electron chi connectivity index (χ1n) is 9.50. The Morgan fingerprint density at radius 3 is 2.62 bits per heavy atom. The number of piperidine rings is 1. The highest BCUT2D eigenvalue weighted by molar-refractivity contribution is 9.10. The topological polar surface area (TPSA) is 74.0 Å². The van der Waals surface area contributed by atoms with E-state index in [1.54, 1.807) is 4.57 Å². The molecule has 0 spiro atoms. The number of fused-ring (bicyclic) bond motifs is 1. The molecule has 1 aromatic carbocycles. The largest absolute Gasteiger partial charge is 0.417 e. The lowest BCUT2D eigenvalue weighted by Gasteiger charge is -2.44. The molecule has 2 fully saturated rings. The summed E-state index contributed by atoms with van der Waals surface area (Å²) >= 11 is 2.99. The molecule has 2 saturated heterocycles. The number of aromatic nitrogens is 2. The summed E-state index contributed by atoms with van der Waals surface area (Å²) in [5.74, 6) is 0. The number of benzene rings is 1. The van der Waals surface area contributed by atoms with Crippen molar-refractivity contribution in [2.75, 3.05) is 26.3 Å². The maximum atomic E-state index is 13.2. The minimum Gasteiger partial charge on any atom is -0.378 e. The van der Waals surface area contributed by atoms with Crippen molar-refractivity contribution in [3.8, 4) is 6.07 Å².